The molecule has 1 aliphatic rings. The number of anilines is 1. The van der Waals surface area contributed by atoms with Crippen LogP contribution in [-0.4, -0.2) is 5.71 Å². The zero-order valence-corrected chi connectivity index (χ0v) is 18.3. The molecular formula is C24H42N2. The quantitative estimate of drug-likeness (QED) is 0.374. The summed E-state index contributed by atoms with van der Waals surface area (Å²) in [6.45, 7) is 15.4. The molecule has 1 atom stereocenters. The van der Waals surface area contributed by atoms with Gasteiger partial charge in [-0.25, -0.2) is 0 Å². The number of rotatable bonds is 8. The van der Waals surface area contributed by atoms with Crippen LogP contribution in [0.25, 0.3) is 0 Å². The van der Waals surface area contributed by atoms with Gasteiger partial charge in [0.05, 0.1) is 0 Å². The molecule has 0 radical (unpaired) electrons. The van der Waals surface area contributed by atoms with Crippen LogP contribution in [0.2, 0.25) is 0 Å². The first-order valence-electron chi connectivity index (χ1n) is 10.7. The Morgan fingerprint density at radius 1 is 1.08 bits per heavy atom. The normalized spacial score (nSPS) is 18.5. The summed E-state index contributed by atoms with van der Waals surface area (Å²) in [5.41, 5.74) is 9.42. The minimum atomic E-state index is -0.0855. The fourth-order valence-electron chi connectivity index (χ4n) is 4.56. The fraction of sp³-hybridized carbons (Fsp3) is 0.708. The monoisotopic (exact) mass is 358 g/mol. The van der Waals surface area contributed by atoms with Crippen molar-refractivity contribution in [1.29, 1.82) is 5.41 Å². The van der Waals surface area contributed by atoms with E-state index in [1.54, 1.807) is 0 Å². The summed E-state index contributed by atoms with van der Waals surface area (Å²) in [5, 5.41) is 9.04. The SMILES string of the molecule is CC.CCC1(CC)CC(C(=N)C(C)CCC(C)C)(c2cccc(N)c2)C1. The van der Waals surface area contributed by atoms with E-state index in [0.717, 1.165) is 30.7 Å². The van der Waals surface area contributed by atoms with Crippen molar-refractivity contribution in [1.82, 2.24) is 0 Å². The first-order valence-corrected chi connectivity index (χ1v) is 10.7. The molecule has 0 bridgehead atoms. The first-order chi connectivity index (χ1) is 12.3. The Labute approximate surface area is 162 Å². The molecule has 0 spiro atoms. The Kier molecular flexibility index (Phi) is 8.37. The lowest BCUT2D eigenvalue weighted by molar-refractivity contribution is 0.0518. The summed E-state index contributed by atoms with van der Waals surface area (Å²) in [6, 6.07) is 8.30. The summed E-state index contributed by atoms with van der Waals surface area (Å²) in [7, 11) is 0. The number of nitrogens with one attached hydrogen (secondary N) is 1. The Bertz CT molecular complexity index is 561. The van der Waals surface area contributed by atoms with E-state index in [1.165, 1.54) is 24.8 Å². The molecule has 1 unspecified atom stereocenters. The first kappa shape index (κ1) is 22.7. The topological polar surface area (TPSA) is 49.9 Å². The molecule has 148 valence electrons. The van der Waals surface area contributed by atoms with Crippen LogP contribution in [0.15, 0.2) is 24.3 Å². The number of nitrogen functional groups attached to an aromatic ring is 1. The Morgan fingerprint density at radius 3 is 2.12 bits per heavy atom. The molecule has 0 aromatic heterocycles. The third-order valence-corrected chi connectivity index (χ3v) is 6.48. The van der Waals surface area contributed by atoms with Crippen LogP contribution in [0.1, 0.15) is 92.6 Å². The molecule has 0 aliphatic heterocycles. The van der Waals surface area contributed by atoms with Gasteiger partial charge in [0.15, 0.2) is 0 Å². The van der Waals surface area contributed by atoms with Gasteiger partial charge < -0.3 is 11.1 Å². The molecule has 0 amide bonds. The number of benzene rings is 1. The van der Waals surface area contributed by atoms with E-state index in [-0.39, 0.29) is 5.41 Å². The summed E-state index contributed by atoms with van der Waals surface area (Å²) in [4.78, 5) is 0. The van der Waals surface area contributed by atoms with Crippen LogP contribution in [0, 0.1) is 22.7 Å². The highest BCUT2D eigenvalue weighted by Crippen LogP contribution is 2.60. The molecule has 1 saturated carbocycles. The van der Waals surface area contributed by atoms with Crippen molar-refractivity contribution in [3.63, 3.8) is 0 Å². The van der Waals surface area contributed by atoms with Crippen LogP contribution in [-0.2, 0) is 5.41 Å². The lowest BCUT2D eigenvalue weighted by atomic mass is 9.46. The second-order valence-electron chi connectivity index (χ2n) is 8.55. The third-order valence-electron chi connectivity index (χ3n) is 6.48. The molecule has 1 aliphatic carbocycles. The van der Waals surface area contributed by atoms with Gasteiger partial charge in [0, 0.05) is 16.8 Å². The Morgan fingerprint density at radius 2 is 1.65 bits per heavy atom. The van der Waals surface area contributed by atoms with E-state index >= 15 is 0 Å². The van der Waals surface area contributed by atoms with E-state index in [2.05, 4.69) is 52.8 Å². The summed E-state index contributed by atoms with van der Waals surface area (Å²) in [6.07, 6.45) is 6.96. The Hall–Kier alpha value is -1.31. The molecule has 2 heteroatoms. The van der Waals surface area contributed by atoms with Gasteiger partial charge in [0.1, 0.15) is 0 Å². The largest absolute Gasteiger partial charge is 0.399 e. The van der Waals surface area contributed by atoms with Gasteiger partial charge in [0.2, 0.25) is 0 Å². The zero-order valence-electron chi connectivity index (χ0n) is 18.3. The smallest absolute Gasteiger partial charge is 0.0343 e. The molecule has 2 rings (SSSR count). The van der Waals surface area contributed by atoms with Crippen LogP contribution in [0.5, 0.6) is 0 Å². The van der Waals surface area contributed by atoms with E-state index < -0.39 is 0 Å². The maximum atomic E-state index is 9.04. The van der Waals surface area contributed by atoms with Crippen molar-refractivity contribution < 1.29 is 0 Å². The van der Waals surface area contributed by atoms with Crippen molar-refractivity contribution in [3.05, 3.63) is 29.8 Å². The molecule has 1 aromatic carbocycles. The number of hydrogen-bond donors (Lipinski definition) is 2. The average Bonchev–Trinajstić information content (AvgIpc) is 2.61. The van der Waals surface area contributed by atoms with Gasteiger partial charge in [-0.2, -0.15) is 0 Å². The average molecular weight is 359 g/mol. The molecule has 3 N–H and O–H groups in total. The van der Waals surface area contributed by atoms with E-state index in [1.807, 2.05) is 19.9 Å². The molecular weight excluding hydrogens is 316 g/mol. The summed E-state index contributed by atoms with van der Waals surface area (Å²) >= 11 is 0. The van der Waals surface area contributed by atoms with Gasteiger partial charge in [0.25, 0.3) is 0 Å². The molecule has 1 aromatic rings. The third kappa shape index (κ3) is 4.69. The van der Waals surface area contributed by atoms with Crippen molar-refractivity contribution in [2.24, 2.45) is 17.3 Å². The maximum Gasteiger partial charge on any atom is 0.0343 e. The van der Waals surface area contributed by atoms with E-state index in [4.69, 9.17) is 11.1 Å². The Balaban J connectivity index is 0.00000163. The summed E-state index contributed by atoms with van der Waals surface area (Å²) < 4.78 is 0. The molecule has 1 fully saturated rings. The molecule has 0 saturated heterocycles. The molecule has 0 heterocycles. The second-order valence-corrected chi connectivity index (χ2v) is 8.55. The fourth-order valence-corrected chi connectivity index (χ4v) is 4.56. The minimum absolute atomic E-state index is 0.0855. The van der Waals surface area contributed by atoms with Crippen LogP contribution in [0.3, 0.4) is 0 Å². The predicted molar refractivity (Wildman–Crippen MR) is 117 cm³/mol. The second kappa shape index (κ2) is 9.58. The van der Waals surface area contributed by atoms with Crippen molar-refractivity contribution in [2.45, 2.75) is 92.4 Å². The van der Waals surface area contributed by atoms with E-state index in [0.29, 0.717) is 17.3 Å². The van der Waals surface area contributed by atoms with Gasteiger partial charge in [-0.1, -0.05) is 79.9 Å². The van der Waals surface area contributed by atoms with Crippen LogP contribution < -0.4 is 5.73 Å². The highest BCUT2D eigenvalue weighted by molar-refractivity contribution is 5.95. The zero-order chi connectivity index (χ0) is 20.0. The van der Waals surface area contributed by atoms with Gasteiger partial charge in [-0.3, -0.25) is 0 Å². The lowest BCUT2D eigenvalue weighted by Gasteiger charge is -2.58. The predicted octanol–water partition coefficient (Wildman–Crippen LogP) is 7.23. The highest BCUT2D eigenvalue weighted by atomic mass is 14.7. The lowest BCUT2D eigenvalue weighted by Crippen LogP contribution is -2.55. The minimum Gasteiger partial charge on any atom is -0.399 e. The van der Waals surface area contributed by atoms with E-state index in [9.17, 15) is 0 Å². The van der Waals surface area contributed by atoms with Gasteiger partial charge >= 0.3 is 0 Å². The van der Waals surface area contributed by atoms with Gasteiger partial charge in [-0.15, -0.1) is 0 Å². The van der Waals surface area contributed by atoms with Crippen molar-refractivity contribution in [2.75, 3.05) is 5.73 Å². The molecule has 26 heavy (non-hydrogen) atoms. The number of hydrogen-bond acceptors (Lipinski definition) is 2. The maximum absolute atomic E-state index is 9.04. The van der Waals surface area contributed by atoms with Gasteiger partial charge in [-0.05, 0) is 54.2 Å². The van der Waals surface area contributed by atoms with Crippen molar-refractivity contribution >= 4 is 11.4 Å². The summed E-state index contributed by atoms with van der Waals surface area (Å²) in [5.74, 6) is 1.05. The number of nitrogens with two attached hydrogens (primary N) is 1. The highest BCUT2D eigenvalue weighted by Gasteiger charge is 2.56. The standard InChI is InChI=1S/C22H36N2.C2H6/c1-6-21(7-2)14-22(15-21,18-9-8-10-19(23)13-18)20(24)17(5)12-11-16(3)4;1-2/h8-10,13,16-17,24H,6-7,11-12,14-15,23H2,1-5H3;1-2H3. The molecule has 2 nitrogen and oxygen atoms in total. The van der Waals surface area contributed by atoms with Crippen molar-refractivity contribution in [3.8, 4) is 0 Å². The van der Waals surface area contributed by atoms with Crippen LogP contribution >= 0.6 is 0 Å². The van der Waals surface area contributed by atoms with Crippen LogP contribution in [0.4, 0.5) is 5.69 Å².